The highest BCUT2D eigenvalue weighted by atomic mass is 16.9. The second kappa shape index (κ2) is 5.26. The summed E-state index contributed by atoms with van der Waals surface area (Å²) >= 11 is 0. The van der Waals surface area contributed by atoms with Crippen LogP contribution in [0.25, 0.3) is 0 Å². The lowest BCUT2D eigenvalue weighted by atomic mass is 10.2. The average Bonchev–Trinajstić information content (AvgIpc) is 2.27. The lowest BCUT2D eigenvalue weighted by Crippen LogP contribution is -2.36. The van der Waals surface area contributed by atoms with E-state index in [-0.39, 0.29) is 6.10 Å². The number of hydrogen-bond donors (Lipinski definition) is 0. The fourth-order valence-electron chi connectivity index (χ4n) is 1.44. The zero-order chi connectivity index (χ0) is 11.3. The fraction of sp³-hybridized carbons (Fsp3) is 0.500. The number of ether oxygens (including phenoxy) is 3. The third kappa shape index (κ3) is 2.78. The van der Waals surface area contributed by atoms with Gasteiger partial charge in [-0.1, -0.05) is 30.3 Å². The van der Waals surface area contributed by atoms with Crippen molar-refractivity contribution in [1.82, 2.24) is 0 Å². The zero-order valence-electron chi connectivity index (χ0n) is 9.69. The van der Waals surface area contributed by atoms with E-state index >= 15 is 0 Å². The van der Waals surface area contributed by atoms with E-state index in [0.29, 0.717) is 0 Å². The van der Waals surface area contributed by atoms with Crippen LogP contribution in [0.15, 0.2) is 30.3 Å². The molecule has 3 heteroatoms. The van der Waals surface area contributed by atoms with E-state index in [1.807, 2.05) is 44.2 Å². The Morgan fingerprint density at radius 3 is 1.93 bits per heavy atom. The van der Waals surface area contributed by atoms with Gasteiger partial charge in [0.25, 0.3) is 0 Å². The van der Waals surface area contributed by atoms with Gasteiger partial charge in [-0.05, 0) is 13.8 Å². The number of methoxy groups -OCH3 is 2. The summed E-state index contributed by atoms with van der Waals surface area (Å²) in [5.41, 5.74) is 0.851. The molecular formula is C12H18O3. The highest BCUT2D eigenvalue weighted by Gasteiger charge is 2.34. The standard InChI is InChI=1S/C12H18O3/c1-10(2)15-12(13-3,14-4)11-8-6-5-7-9-11/h5-10H,1-4H3. The van der Waals surface area contributed by atoms with Gasteiger partial charge in [0.2, 0.25) is 0 Å². The molecule has 0 aliphatic carbocycles. The molecule has 3 nitrogen and oxygen atoms in total. The van der Waals surface area contributed by atoms with Gasteiger partial charge < -0.3 is 14.2 Å². The Morgan fingerprint density at radius 2 is 1.53 bits per heavy atom. The minimum absolute atomic E-state index is 0.0186. The molecule has 0 spiro atoms. The molecule has 0 atom stereocenters. The minimum atomic E-state index is -1.10. The minimum Gasteiger partial charge on any atom is -0.327 e. The summed E-state index contributed by atoms with van der Waals surface area (Å²) in [6.07, 6.45) is 0.0186. The van der Waals surface area contributed by atoms with Crippen LogP contribution in [-0.4, -0.2) is 20.3 Å². The summed E-state index contributed by atoms with van der Waals surface area (Å²) < 4.78 is 16.4. The molecule has 0 heterocycles. The maximum Gasteiger partial charge on any atom is 0.311 e. The van der Waals surface area contributed by atoms with Crippen molar-refractivity contribution < 1.29 is 14.2 Å². The van der Waals surface area contributed by atoms with Gasteiger partial charge in [0.1, 0.15) is 0 Å². The van der Waals surface area contributed by atoms with Crippen LogP contribution in [0.4, 0.5) is 0 Å². The number of rotatable bonds is 5. The first-order valence-electron chi connectivity index (χ1n) is 4.98. The van der Waals surface area contributed by atoms with Gasteiger partial charge in [0, 0.05) is 19.8 Å². The third-order valence-corrected chi connectivity index (χ3v) is 2.06. The smallest absolute Gasteiger partial charge is 0.311 e. The van der Waals surface area contributed by atoms with Crippen LogP contribution in [0.1, 0.15) is 19.4 Å². The molecule has 0 aliphatic heterocycles. The summed E-state index contributed by atoms with van der Waals surface area (Å²) in [4.78, 5) is 0. The molecule has 0 saturated carbocycles. The molecule has 15 heavy (non-hydrogen) atoms. The Kier molecular flexibility index (Phi) is 4.27. The zero-order valence-corrected chi connectivity index (χ0v) is 9.69. The second-order valence-corrected chi connectivity index (χ2v) is 3.50. The topological polar surface area (TPSA) is 27.7 Å². The Labute approximate surface area is 91.0 Å². The van der Waals surface area contributed by atoms with Gasteiger partial charge >= 0.3 is 5.97 Å². The maximum atomic E-state index is 5.68. The predicted octanol–water partition coefficient (Wildman–Crippen LogP) is 2.51. The molecular weight excluding hydrogens is 192 g/mol. The van der Waals surface area contributed by atoms with E-state index in [2.05, 4.69) is 0 Å². The van der Waals surface area contributed by atoms with E-state index in [9.17, 15) is 0 Å². The quantitative estimate of drug-likeness (QED) is 0.699. The summed E-state index contributed by atoms with van der Waals surface area (Å²) in [6, 6.07) is 9.61. The predicted molar refractivity (Wildman–Crippen MR) is 58.4 cm³/mol. The van der Waals surface area contributed by atoms with Gasteiger partial charge in [0.15, 0.2) is 0 Å². The molecule has 0 amide bonds. The molecule has 0 aromatic heterocycles. The molecule has 1 aromatic rings. The molecule has 1 aromatic carbocycles. The van der Waals surface area contributed by atoms with Crippen molar-refractivity contribution in [2.75, 3.05) is 14.2 Å². The van der Waals surface area contributed by atoms with Crippen molar-refractivity contribution in [1.29, 1.82) is 0 Å². The molecule has 0 saturated heterocycles. The van der Waals surface area contributed by atoms with Crippen molar-refractivity contribution in [2.24, 2.45) is 0 Å². The van der Waals surface area contributed by atoms with Crippen LogP contribution < -0.4 is 0 Å². The Hall–Kier alpha value is -0.900. The van der Waals surface area contributed by atoms with E-state index in [4.69, 9.17) is 14.2 Å². The van der Waals surface area contributed by atoms with Crippen LogP contribution >= 0.6 is 0 Å². The molecule has 0 radical (unpaired) electrons. The van der Waals surface area contributed by atoms with Gasteiger partial charge in [-0.2, -0.15) is 0 Å². The van der Waals surface area contributed by atoms with Crippen LogP contribution in [0.5, 0.6) is 0 Å². The van der Waals surface area contributed by atoms with Crippen molar-refractivity contribution in [3.05, 3.63) is 35.9 Å². The van der Waals surface area contributed by atoms with E-state index < -0.39 is 5.97 Å². The molecule has 0 fully saturated rings. The normalized spacial score (nSPS) is 12.1. The van der Waals surface area contributed by atoms with Crippen molar-refractivity contribution in [2.45, 2.75) is 25.9 Å². The van der Waals surface area contributed by atoms with E-state index in [1.165, 1.54) is 0 Å². The summed E-state index contributed by atoms with van der Waals surface area (Å²) in [5, 5.41) is 0. The lowest BCUT2D eigenvalue weighted by molar-refractivity contribution is -0.385. The second-order valence-electron chi connectivity index (χ2n) is 3.50. The lowest BCUT2D eigenvalue weighted by Gasteiger charge is -2.32. The fourth-order valence-corrected chi connectivity index (χ4v) is 1.44. The molecule has 0 aliphatic rings. The first-order chi connectivity index (χ1) is 7.14. The Balaban J connectivity index is 3.00. The van der Waals surface area contributed by atoms with Gasteiger partial charge in [-0.15, -0.1) is 0 Å². The highest BCUT2D eigenvalue weighted by Crippen LogP contribution is 2.28. The van der Waals surface area contributed by atoms with Crippen LogP contribution in [0.2, 0.25) is 0 Å². The Bertz CT molecular complexity index is 278. The molecule has 0 N–H and O–H groups in total. The number of benzene rings is 1. The summed E-state index contributed by atoms with van der Waals surface area (Å²) in [6.45, 7) is 3.88. The van der Waals surface area contributed by atoms with Crippen molar-refractivity contribution >= 4 is 0 Å². The molecule has 0 unspecified atom stereocenters. The maximum absolute atomic E-state index is 5.68. The van der Waals surface area contributed by atoms with Gasteiger partial charge in [-0.3, -0.25) is 0 Å². The SMILES string of the molecule is COC(OC)(OC(C)C)c1ccccc1. The third-order valence-electron chi connectivity index (χ3n) is 2.06. The first-order valence-corrected chi connectivity index (χ1v) is 4.98. The highest BCUT2D eigenvalue weighted by molar-refractivity contribution is 5.18. The summed E-state index contributed by atoms with van der Waals surface area (Å²) in [7, 11) is 3.14. The monoisotopic (exact) mass is 210 g/mol. The molecule has 1 rings (SSSR count). The summed E-state index contributed by atoms with van der Waals surface area (Å²) in [5.74, 6) is -1.10. The van der Waals surface area contributed by atoms with E-state index in [0.717, 1.165) is 5.56 Å². The largest absolute Gasteiger partial charge is 0.327 e. The van der Waals surface area contributed by atoms with Crippen LogP contribution in [-0.2, 0) is 20.2 Å². The van der Waals surface area contributed by atoms with Crippen molar-refractivity contribution in [3.8, 4) is 0 Å². The first kappa shape index (κ1) is 12.2. The number of hydrogen-bond acceptors (Lipinski definition) is 3. The van der Waals surface area contributed by atoms with E-state index in [1.54, 1.807) is 14.2 Å². The molecule has 0 bridgehead atoms. The average molecular weight is 210 g/mol. The van der Waals surface area contributed by atoms with Gasteiger partial charge in [0.05, 0.1) is 6.10 Å². The Morgan fingerprint density at radius 1 is 1.00 bits per heavy atom. The van der Waals surface area contributed by atoms with Crippen LogP contribution in [0.3, 0.4) is 0 Å². The molecule has 84 valence electrons. The van der Waals surface area contributed by atoms with Gasteiger partial charge in [-0.25, -0.2) is 0 Å². The van der Waals surface area contributed by atoms with Crippen molar-refractivity contribution in [3.63, 3.8) is 0 Å². The van der Waals surface area contributed by atoms with Crippen LogP contribution in [0, 0.1) is 0 Å².